The number of aliphatic carboxylic acids is 1. The molecule has 0 rings (SSSR count). The van der Waals surface area contributed by atoms with E-state index in [0.29, 0.717) is 13.0 Å². The largest absolute Gasteiger partial charge is 0.480 e. The summed E-state index contributed by atoms with van der Waals surface area (Å²) >= 11 is 0. The van der Waals surface area contributed by atoms with Gasteiger partial charge in [0.2, 0.25) is 5.91 Å². The summed E-state index contributed by atoms with van der Waals surface area (Å²) in [6.07, 6.45) is 5.33. The highest BCUT2D eigenvalue weighted by atomic mass is 16.4. The minimum atomic E-state index is -1.34. The monoisotopic (exact) mass is 255 g/mol. The third-order valence-corrected chi connectivity index (χ3v) is 2.06. The van der Waals surface area contributed by atoms with Crippen LogP contribution >= 0.6 is 0 Å². The van der Waals surface area contributed by atoms with Crippen LogP contribution in [0.1, 0.15) is 19.8 Å². The highest BCUT2D eigenvalue weighted by Gasteiger charge is 2.24. The van der Waals surface area contributed by atoms with Gasteiger partial charge in [-0.1, -0.05) is 12.8 Å². The van der Waals surface area contributed by atoms with Gasteiger partial charge in [0.1, 0.15) is 6.04 Å². The predicted octanol–water partition coefficient (Wildman–Crippen LogP) is -0.630. The van der Waals surface area contributed by atoms with Crippen molar-refractivity contribution in [1.29, 1.82) is 0 Å². The van der Waals surface area contributed by atoms with E-state index < -0.39 is 30.4 Å². The van der Waals surface area contributed by atoms with Crippen LogP contribution in [0.3, 0.4) is 0 Å². The zero-order valence-corrected chi connectivity index (χ0v) is 10.2. The second-order valence-corrected chi connectivity index (χ2v) is 3.64. The molecular weight excluding hydrogens is 238 g/mol. The Hall–Kier alpha value is -2.23. The standard InChI is InChI=1S/C11H17N3O4/c1-3-5-14(6-4-2)11(18)13-8(10(16)17)7-9(12)15/h1,8H,4-7H2,2H3,(H2,12,15)(H,13,18)(H,16,17)/t8-/m1/s1. The number of hydrogen-bond acceptors (Lipinski definition) is 3. The van der Waals surface area contributed by atoms with Gasteiger partial charge in [0.25, 0.3) is 0 Å². The summed E-state index contributed by atoms with van der Waals surface area (Å²) in [6, 6.07) is -1.96. The topological polar surface area (TPSA) is 113 Å². The lowest BCUT2D eigenvalue weighted by atomic mass is 10.2. The van der Waals surface area contributed by atoms with Crippen molar-refractivity contribution in [2.75, 3.05) is 13.1 Å². The van der Waals surface area contributed by atoms with Gasteiger partial charge in [0, 0.05) is 6.54 Å². The minimum absolute atomic E-state index is 0.0720. The molecule has 0 aromatic carbocycles. The number of rotatable bonds is 7. The second-order valence-electron chi connectivity index (χ2n) is 3.64. The van der Waals surface area contributed by atoms with E-state index in [1.807, 2.05) is 6.92 Å². The molecule has 0 saturated heterocycles. The summed E-state index contributed by atoms with van der Waals surface area (Å²) in [5.74, 6) is 0.179. The average molecular weight is 255 g/mol. The summed E-state index contributed by atoms with van der Waals surface area (Å²) in [4.78, 5) is 34.5. The first-order chi connectivity index (χ1) is 8.42. The zero-order valence-electron chi connectivity index (χ0n) is 10.2. The molecular formula is C11H17N3O4. The minimum Gasteiger partial charge on any atom is -0.480 e. The van der Waals surface area contributed by atoms with Crippen molar-refractivity contribution in [3.05, 3.63) is 0 Å². The molecule has 0 aliphatic carbocycles. The Morgan fingerprint density at radius 3 is 2.50 bits per heavy atom. The molecule has 0 fully saturated rings. The van der Waals surface area contributed by atoms with Crippen LogP contribution in [0.15, 0.2) is 0 Å². The number of carbonyl (C=O) groups excluding carboxylic acids is 2. The fourth-order valence-electron chi connectivity index (χ4n) is 1.27. The van der Waals surface area contributed by atoms with E-state index in [9.17, 15) is 14.4 Å². The van der Waals surface area contributed by atoms with Crippen LogP contribution < -0.4 is 11.1 Å². The number of nitrogens with zero attached hydrogens (tertiary/aromatic N) is 1. The Morgan fingerprint density at radius 2 is 2.11 bits per heavy atom. The Balaban J connectivity index is 4.60. The van der Waals surface area contributed by atoms with Crippen molar-refractivity contribution in [2.45, 2.75) is 25.8 Å². The van der Waals surface area contributed by atoms with Gasteiger partial charge in [-0.25, -0.2) is 9.59 Å². The van der Waals surface area contributed by atoms with Gasteiger partial charge >= 0.3 is 12.0 Å². The van der Waals surface area contributed by atoms with Crippen LogP contribution in [0.2, 0.25) is 0 Å². The number of amides is 3. The SMILES string of the molecule is C#CCN(CCC)C(=O)N[C@H](CC(N)=O)C(=O)O. The van der Waals surface area contributed by atoms with Crippen LogP contribution in [-0.2, 0) is 9.59 Å². The van der Waals surface area contributed by atoms with Gasteiger partial charge in [0.15, 0.2) is 0 Å². The molecule has 0 unspecified atom stereocenters. The number of nitrogens with two attached hydrogens (primary N) is 1. The number of nitrogens with one attached hydrogen (secondary N) is 1. The average Bonchev–Trinajstić information content (AvgIpc) is 2.27. The van der Waals surface area contributed by atoms with Gasteiger partial charge in [-0.3, -0.25) is 4.79 Å². The summed E-state index contributed by atoms with van der Waals surface area (Å²) < 4.78 is 0. The number of carboxylic acid groups (broad SMARTS) is 1. The highest BCUT2D eigenvalue weighted by molar-refractivity contribution is 5.87. The molecule has 4 N–H and O–H groups in total. The molecule has 0 saturated carbocycles. The molecule has 0 heterocycles. The first kappa shape index (κ1) is 15.8. The van der Waals surface area contributed by atoms with Gasteiger partial charge in [-0.2, -0.15) is 0 Å². The zero-order chi connectivity index (χ0) is 14.1. The lowest BCUT2D eigenvalue weighted by Crippen LogP contribution is -2.49. The Bertz CT molecular complexity index is 362. The van der Waals surface area contributed by atoms with Crippen molar-refractivity contribution in [3.8, 4) is 12.3 Å². The summed E-state index contributed by atoms with van der Waals surface area (Å²) in [7, 11) is 0. The molecule has 7 heteroatoms. The third kappa shape index (κ3) is 5.75. The molecule has 0 aromatic heterocycles. The van der Waals surface area contributed by atoms with E-state index in [4.69, 9.17) is 17.3 Å². The Kier molecular flexibility index (Phi) is 6.96. The van der Waals surface area contributed by atoms with Crippen molar-refractivity contribution < 1.29 is 19.5 Å². The van der Waals surface area contributed by atoms with E-state index >= 15 is 0 Å². The van der Waals surface area contributed by atoms with Crippen molar-refractivity contribution in [2.24, 2.45) is 5.73 Å². The van der Waals surface area contributed by atoms with Crippen molar-refractivity contribution in [1.82, 2.24) is 10.2 Å². The molecule has 0 aliphatic heterocycles. The smallest absolute Gasteiger partial charge is 0.326 e. The number of carboxylic acids is 1. The molecule has 0 aliphatic rings. The Morgan fingerprint density at radius 1 is 1.50 bits per heavy atom. The van der Waals surface area contributed by atoms with Crippen molar-refractivity contribution in [3.63, 3.8) is 0 Å². The number of urea groups is 1. The maximum atomic E-state index is 11.7. The van der Waals surface area contributed by atoms with Crippen LogP contribution in [-0.4, -0.2) is 47.0 Å². The first-order valence-corrected chi connectivity index (χ1v) is 5.42. The lowest BCUT2D eigenvalue weighted by molar-refractivity contribution is -0.140. The second kappa shape index (κ2) is 7.95. The van der Waals surface area contributed by atoms with E-state index in [-0.39, 0.29) is 6.54 Å². The van der Waals surface area contributed by atoms with Gasteiger partial charge in [-0.15, -0.1) is 6.42 Å². The van der Waals surface area contributed by atoms with Gasteiger partial charge in [0.05, 0.1) is 13.0 Å². The third-order valence-electron chi connectivity index (χ3n) is 2.06. The molecule has 100 valence electrons. The highest BCUT2D eigenvalue weighted by Crippen LogP contribution is 1.97. The predicted molar refractivity (Wildman–Crippen MR) is 64.5 cm³/mol. The number of carbonyl (C=O) groups is 3. The molecule has 7 nitrogen and oxygen atoms in total. The van der Waals surface area contributed by atoms with Gasteiger partial charge < -0.3 is 21.1 Å². The number of primary amides is 1. The lowest BCUT2D eigenvalue weighted by Gasteiger charge is -2.22. The van der Waals surface area contributed by atoms with Crippen LogP contribution in [0.4, 0.5) is 4.79 Å². The van der Waals surface area contributed by atoms with Gasteiger partial charge in [-0.05, 0) is 6.42 Å². The fourth-order valence-corrected chi connectivity index (χ4v) is 1.27. The van der Waals surface area contributed by atoms with Crippen LogP contribution in [0, 0.1) is 12.3 Å². The Labute approximate surface area is 105 Å². The molecule has 1 atom stereocenters. The summed E-state index contributed by atoms with van der Waals surface area (Å²) in [5.41, 5.74) is 4.90. The normalized spacial score (nSPS) is 11.1. The molecule has 3 amide bonds. The molecule has 0 aromatic rings. The van der Waals surface area contributed by atoms with E-state index in [0.717, 1.165) is 0 Å². The van der Waals surface area contributed by atoms with E-state index in [2.05, 4.69) is 11.2 Å². The molecule has 0 radical (unpaired) electrons. The number of terminal acetylenes is 1. The molecule has 0 spiro atoms. The fraction of sp³-hybridized carbons (Fsp3) is 0.545. The molecule has 18 heavy (non-hydrogen) atoms. The number of hydrogen-bond donors (Lipinski definition) is 3. The van der Waals surface area contributed by atoms with E-state index in [1.165, 1.54) is 4.90 Å². The maximum Gasteiger partial charge on any atom is 0.326 e. The molecule has 0 bridgehead atoms. The summed E-state index contributed by atoms with van der Waals surface area (Å²) in [6.45, 7) is 2.33. The first-order valence-electron chi connectivity index (χ1n) is 5.42. The summed E-state index contributed by atoms with van der Waals surface area (Å²) in [5, 5.41) is 11.0. The van der Waals surface area contributed by atoms with Crippen LogP contribution in [0.25, 0.3) is 0 Å². The van der Waals surface area contributed by atoms with E-state index in [1.54, 1.807) is 0 Å². The maximum absolute atomic E-state index is 11.7. The van der Waals surface area contributed by atoms with Crippen molar-refractivity contribution >= 4 is 17.9 Å². The quantitative estimate of drug-likeness (QED) is 0.525. The van der Waals surface area contributed by atoms with Crippen LogP contribution in [0.5, 0.6) is 0 Å².